The van der Waals surface area contributed by atoms with E-state index in [2.05, 4.69) is 17.1 Å². The maximum atomic E-state index is 5.51. The fourth-order valence-electron chi connectivity index (χ4n) is 1.20. The van der Waals surface area contributed by atoms with Gasteiger partial charge in [-0.1, -0.05) is 36.0 Å². The molecule has 0 amide bonds. The number of benzene rings is 1. The van der Waals surface area contributed by atoms with Gasteiger partial charge in [0.25, 0.3) is 0 Å². The van der Waals surface area contributed by atoms with Crippen molar-refractivity contribution in [2.75, 3.05) is 0 Å². The van der Waals surface area contributed by atoms with Crippen LogP contribution in [-0.2, 0) is 6.54 Å². The van der Waals surface area contributed by atoms with E-state index in [-0.39, 0.29) is 0 Å². The largest absolute Gasteiger partial charge is 0.326 e. The van der Waals surface area contributed by atoms with Crippen LogP contribution in [0.5, 0.6) is 0 Å². The Labute approximate surface area is 93.5 Å². The molecule has 0 fully saturated rings. The fraction of sp³-hybridized carbons (Fsp3) is 0.0833. The molecule has 1 heterocycles. The lowest BCUT2D eigenvalue weighted by Crippen LogP contribution is -1.96. The zero-order valence-electron chi connectivity index (χ0n) is 8.26. The van der Waals surface area contributed by atoms with E-state index in [1.54, 1.807) is 11.8 Å². The molecule has 0 bridgehead atoms. The molecule has 15 heavy (non-hydrogen) atoms. The Bertz CT molecular complexity index is 411. The summed E-state index contributed by atoms with van der Waals surface area (Å²) in [4.78, 5) is 5.53. The second kappa shape index (κ2) is 4.96. The number of hydrogen-bond acceptors (Lipinski definition) is 3. The summed E-state index contributed by atoms with van der Waals surface area (Å²) >= 11 is 1.65. The molecule has 0 saturated heterocycles. The van der Waals surface area contributed by atoms with E-state index < -0.39 is 0 Å². The third-order valence-electron chi connectivity index (χ3n) is 2.00. The van der Waals surface area contributed by atoms with Crippen LogP contribution < -0.4 is 5.73 Å². The van der Waals surface area contributed by atoms with Crippen LogP contribution in [0.1, 0.15) is 5.56 Å². The Morgan fingerprint density at radius 2 is 1.87 bits per heavy atom. The average molecular weight is 216 g/mol. The van der Waals surface area contributed by atoms with E-state index >= 15 is 0 Å². The molecular weight excluding hydrogens is 204 g/mol. The van der Waals surface area contributed by atoms with Gasteiger partial charge in [0.2, 0.25) is 0 Å². The molecule has 0 atom stereocenters. The van der Waals surface area contributed by atoms with Crippen molar-refractivity contribution in [3.63, 3.8) is 0 Å². The van der Waals surface area contributed by atoms with Crippen molar-refractivity contribution in [2.24, 2.45) is 5.73 Å². The molecule has 1 aromatic carbocycles. The van der Waals surface area contributed by atoms with Crippen molar-refractivity contribution in [2.45, 2.75) is 16.5 Å². The average Bonchev–Trinajstić information content (AvgIpc) is 2.31. The summed E-state index contributed by atoms with van der Waals surface area (Å²) in [6.45, 7) is 0.545. The van der Waals surface area contributed by atoms with Crippen LogP contribution in [0, 0.1) is 0 Å². The minimum atomic E-state index is 0.545. The van der Waals surface area contributed by atoms with Crippen molar-refractivity contribution >= 4 is 11.8 Å². The second-order valence-electron chi connectivity index (χ2n) is 3.12. The van der Waals surface area contributed by atoms with Crippen LogP contribution in [0.3, 0.4) is 0 Å². The van der Waals surface area contributed by atoms with Gasteiger partial charge in [-0.2, -0.15) is 0 Å². The minimum absolute atomic E-state index is 0.545. The number of pyridine rings is 1. The van der Waals surface area contributed by atoms with Gasteiger partial charge in [0.15, 0.2) is 0 Å². The summed E-state index contributed by atoms with van der Waals surface area (Å²) in [6, 6.07) is 14.2. The zero-order chi connectivity index (χ0) is 10.5. The first-order valence-corrected chi connectivity index (χ1v) is 5.58. The first-order valence-electron chi connectivity index (χ1n) is 4.76. The smallest absolute Gasteiger partial charge is 0.101 e. The quantitative estimate of drug-likeness (QED) is 0.857. The van der Waals surface area contributed by atoms with Gasteiger partial charge in [-0.05, 0) is 23.8 Å². The van der Waals surface area contributed by atoms with E-state index in [9.17, 15) is 0 Å². The Kier molecular flexibility index (Phi) is 3.37. The molecular formula is C12H12N2S. The predicted octanol–water partition coefficient (Wildman–Crippen LogP) is 2.69. The van der Waals surface area contributed by atoms with E-state index in [0.29, 0.717) is 6.54 Å². The van der Waals surface area contributed by atoms with Gasteiger partial charge in [-0.3, -0.25) is 0 Å². The normalized spacial score (nSPS) is 10.2. The zero-order valence-corrected chi connectivity index (χ0v) is 9.08. The summed E-state index contributed by atoms with van der Waals surface area (Å²) in [5.41, 5.74) is 6.57. The maximum Gasteiger partial charge on any atom is 0.101 e. The van der Waals surface area contributed by atoms with Crippen LogP contribution in [0.15, 0.2) is 58.6 Å². The van der Waals surface area contributed by atoms with Gasteiger partial charge < -0.3 is 5.73 Å². The number of nitrogens with two attached hydrogens (primary N) is 1. The first kappa shape index (κ1) is 10.2. The van der Waals surface area contributed by atoms with Gasteiger partial charge in [0, 0.05) is 17.6 Å². The van der Waals surface area contributed by atoms with Gasteiger partial charge in [-0.25, -0.2) is 4.98 Å². The third-order valence-corrected chi connectivity index (χ3v) is 2.96. The lowest BCUT2D eigenvalue weighted by molar-refractivity contribution is 1.01. The van der Waals surface area contributed by atoms with Crippen molar-refractivity contribution in [3.8, 4) is 0 Å². The molecule has 76 valence electrons. The summed E-state index contributed by atoms with van der Waals surface area (Å²) in [7, 11) is 0. The highest BCUT2D eigenvalue weighted by molar-refractivity contribution is 7.99. The maximum absolute atomic E-state index is 5.51. The third kappa shape index (κ3) is 2.81. The lowest BCUT2D eigenvalue weighted by Gasteiger charge is -2.01. The molecule has 2 N–H and O–H groups in total. The lowest BCUT2D eigenvalue weighted by atomic mass is 10.3. The van der Waals surface area contributed by atoms with Crippen molar-refractivity contribution < 1.29 is 0 Å². The van der Waals surface area contributed by atoms with E-state index in [4.69, 9.17) is 5.73 Å². The van der Waals surface area contributed by atoms with Crippen molar-refractivity contribution in [1.29, 1.82) is 0 Å². The van der Waals surface area contributed by atoms with Crippen LogP contribution in [0.25, 0.3) is 0 Å². The Hall–Kier alpha value is -1.32. The number of rotatable bonds is 3. The second-order valence-corrected chi connectivity index (χ2v) is 4.22. The summed E-state index contributed by atoms with van der Waals surface area (Å²) in [5, 5.41) is 0.999. The molecule has 0 radical (unpaired) electrons. The summed E-state index contributed by atoms with van der Waals surface area (Å²) in [6.07, 6.45) is 1.82. The highest BCUT2D eigenvalue weighted by Crippen LogP contribution is 2.25. The molecule has 1 aromatic heterocycles. The Morgan fingerprint density at radius 3 is 2.47 bits per heavy atom. The molecule has 2 nitrogen and oxygen atoms in total. The molecule has 0 aliphatic carbocycles. The highest BCUT2D eigenvalue weighted by atomic mass is 32.2. The standard InChI is InChI=1S/C12H12N2S/c13-8-10-6-7-12(14-9-10)15-11-4-2-1-3-5-11/h1-7,9H,8,13H2. The van der Waals surface area contributed by atoms with Crippen LogP contribution in [-0.4, -0.2) is 4.98 Å². The van der Waals surface area contributed by atoms with Crippen LogP contribution in [0.4, 0.5) is 0 Å². The minimum Gasteiger partial charge on any atom is -0.326 e. The SMILES string of the molecule is NCc1ccc(Sc2ccccc2)nc1. The topological polar surface area (TPSA) is 38.9 Å². The Morgan fingerprint density at radius 1 is 1.07 bits per heavy atom. The highest BCUT2D eigenvalue weighted by Gasteiger charge is 1.97. The predicted molar refractivity (Wildman–Crippen MR) is 62.7 cm³/mol. The number of hydrogen-bond donors (Lipinski definition) is 1. The van der Waals surface area contributed by atoms with Crippen molar-refractivity contribution in [1.82, 2.24) is 4.98 Å². The van der Waals surface area contributed by atoms with Gasteiger partial charge in [-0.15, -0.1) is 0 Å². The van der Waals surface area contributed by atoms with E-state index in [1.807, 2.05) is 36.5 Å². The fourth-order valence-corrected chi connectivity index (χ4v) is 1.98. The van der Waals surface area contributed by atoms with Crippen LogP contribution >= 0.6 is 11.8 Å². The van der Waals surface area contributed by atoms with Gasteiger partial charge >= 0.3 is 0 Å². The first-order chi connectivity index (χ1) is 7.38. The van der Waals surface area contributed by atoms with Crippen LogP contribution in [0.2, 0.25) is 0 Å². The van der Waals surface area contributed by atoms with E-state index in [0.717, 1.165) is 10.6 Å². The molecule has 2 rings (SSSR count). The molecule has 0 aliphatic heterocycles. The Balaban J connectivity index is 2.11. The summed E-state index contributed by atoms with van der Waals surface area (Å²) in [5.74, 6) is 0. The molecule has 0 unspecified atom stereocenters. The number of aromatic nitrogens is 1. The van der Waals surface area contributed by atoms with Gasteiger partial charge in [0.05, 0.1) is 0 Å². The molecule has 3 heteroatoms. The monoisotopic (exact) mass is 216 g/mol. The molecule has 0 aliphatic rings. The molecule has 2 aromatic rings. The molecule has 0 spiro atoms. The molecule has 0 saturated carbocycles. The van der Waals surface area contributed by atoms with Crippen molar-refractivity contribution in [3.05, 3.63) is 54.2 Å². The van der Waals surface area contributed by atoms with Gasteiger partial charge in [0.1, 0.15) is 5.03 Å². The summed E-state index contributed by atoms with van der Waals surface area (Å²) < 4.78 is 0. The van der Waals surface area contributed by atoms with E-state index in [1.165, 1.54) is 4.90 Å². The number of nitrogens with zero attached hydrogens (tertiary/aromatic N) is 1.